The van der Waals surface area contributed by atoms with Gasteiger partial charge in [0.2, 0.25) is 10.4 Å². The van der Waals surface area contributed by atoms with Crippen molar-refractivity contribution in [2.45, 2.75) is 14.4 Å². The van der Waals surface area contributed by atoms with Crippen LogP contribution in [0.1, 0.15) is 14.4 Å². The molecular weight excluding hydrogens is 270 g/mol. The smallest absolute Gasteiger partial charge is 0.215 e. The highest BCUT2D eigenvalue weighted by Gasteiger charge is 2.30. The molecule has 7 nitrogen and oxygen atoms in total. The van der Waals surface area contributed by atoms with E-state index in [1.165, 1.54) is 0 Å². The molecule has 0 unspecified atom stereocenters. The number of nitrogens with zero attached hydrogens (tertiary/aromatic N) is 1. The highest BCUT2D eigenvalue weighted by molar-refractivity contribution is 7.91. The van der Waals surface area contributed by atoms with Gasteiger partial charge in [0.15, 0.2) is 9.84 Å². The molecule has 9 heteroatoms. The molecule has 0 atom stereocenters. The van der Waals surface area contributed by atoms with Gasteiger partial charge in [-0.2, -0.15) is 0 Å². The predicted molar refractivity (Wildman–Crippen MR) is 64.2 cm³/mol. The average molecular weight is 291 g/mol. The monoisotopic (exact) mass is 291 g/mol. The summed E-state index contributed by atoms with van der Waals surface area (Å²) in [7, 11) is -5.48. The van der Waals surface area contributed by atoms with Crippen molar-refractivity contribution in [3.05, 3.63) is 0 Å². The van der Waals surface area contributed by atoms with E-state index in [1.807, 2.05) is 0 Å². The van der Waals surface area contributed by atoms with Gasteiger partial charge in [-0.15, -0.1) is 0 Å². The summed E-state index contributed by atoms with van der Waals surface area (Å²) in [4.78, 5) is 0. The minimum Gasteiger partial charge on any atom is -0.726 e. The predicted octanol–water partition coefficient (Wildman–Crippen LogP) is -0.478. The molecule has 1 N–H and O–H groups in total. The fourth-order valence-corrected chi connectivity index (χ4v) is 2.89. The van der Waals surface area contributed by atoms with Crippen LogP contribution in [0.25, 0.3) is 0 Å². The summed E-state index contributed by atoms with van der Waals surface area (Å²) in [5.41, 5.74) is 0. The van der Waals surface area contributed by atoms with E-state index in [-0.39, 0.29) is 7.43 Å². The van der Waals surface area contributed by atoms with Crippen molar-refractivity contribution in [3.63, 3.8) is 0 Å². The Kier molecular flexibility index (Phi) is 7.47. The highest BCUT2D eigenvalue weighted by atomic mass is 32.3. The van der Waals surface area contributed by atoms with Crippen LogP contribution in [0.5, 0.6) is 0 Å². The second-order valence-electron chi connectivity index (χ2n) is 3.96. The minimum absolute atomic E-state index is 0. The van der Waals surface area contributed by atoms with Crippen molar-refractivity contribution in [2.24, 2.45) is 0 Å². The first-order chi connectivity index (χ1) is 6.97. The van der Waals surface area contributed by atoms with Gasteiger partial charge >= 0.3 is 0 Å². The largest absolute Gasteiger partial charge is 0.726 e. The molecule has 0 radical (unpaired) electrons. The fourth-order valence-electron chi connectivity index (χ4n) is 1.25. The molecule has 0 bridgehead atoms. The lowest BCUT2D eigenvalue weighted by Gasteiger charge is -2.36. The Bertz CT molecular complexity index is 391. The quantitative estimate of drug-likeness (QED) is 0.397. The van der Waals surface area contributed by atoms with E-state index in [4.69, 9.17) is 17.5 Å². The van der Waals surface area contributed by atoms with Gasteiger partial charge in [-0.05, 0) is 6.92 Å². The van der Waals surface area contributed by atoms with Crippen molar-refractivity contribution >= 4 is 20.2 Å². The number of rotatable bonds is 1. The van der Waals surface area contributed by atoms with Crippen LogP contribution in [0.3, 0.4) is 0 Å². The van der Waals surface area contributed by atoms with E-state index in [9.17, 15) is 8.42 Å². The van der Waals surface area contributed by atoms with Crippen molar-refractivity contribution < 1.29 is 30.4 Å². The number of sulfone groups is 1. The Morgan fingerprint density at radius 2 is 1.59 bits per heavy atom. The molecule has 0 amide bonds. The fraction of sp³-hybridized carbons (Fsp3) is 1.00. The van der Waals surface area contributed by atoms with Gasteiger partial charge in [0.1, 0.15) is 0 Å². The van der Waals surface area contributed by atoms with Crippen LogP contribution in [0.2, 0.25) is 0 Å². The molecule has 0 aromatic heterocycles. The van der Waals surface area contributed by atoms with Crippen molar-refractivity contribution in [2.75, 3.05) is 38.2 Å². The molecule has 1 rings (SSSR count). The molecule has 1 aliphatic heterocycles. The molecule has 1 aliphatic rings. The second-order valence-corrected chi connectivity index (χ2v) is 7.12. The summed E-state index contributed by atoms with van der Waals surface area (Å²) in [6, 6.07) is 0. The molecule has 0 aromatic rings. The average Bonchev–Trinajstić information content (AvgIpc) is 2.08. The molecule has 0 saturated carbocycles. The number of hydrogen-bond acceptors (Lipinski definition) is 5. The zero-order chi connectivity index (χ0) is 13.0. The van der Waals surface area contributed by atoms with E-state index >= 15 is 0 Å². The van der Waals surface area contributed by atoms with Crippen molar-refractivity contribution in [1.29, 1.82) is 0 Å². The molecule has 1 fully saturated rings. The molecule has 17 heavy (non-hydrogen) atoms. The highest BCUT2D eigenvalue weighted by Crippen LogP contribution is 2.10. The van der Waals surface area contributed by atoms with Crippen LogP contribution in [-0.4, -0.2) is 68.6 Å². The first-order valence-corrected chi connectivity index (χ1v) is 7.88. The Hall–Kier alpha value is -0.220. The number of hydrogen-bond donors (Lipinski definition) is 1. The molecule has 0 aliphatic carbocycles. The standard InChI is InChI=1S/C7H16NO2S.CH4.H2O4S/c1-3-8(2)4-6-11(9,10)7-5-8;;1-5(2,3)4/h3-7H2,1-2H3;1H4;(H2,1,2,3,4)/q+1;;/p-1. The zero-order valence-electron chi connectivity index (χ0n) is 9.29. The van der Waals surface area contributed by atoms with E-state index in [1.54, 1.807) is 0 Å². The third kappa shape index (κ3) is 10.6. The third-order valence-electron chi connectivity index (χ3n) is 2.65. The second kappa shape index (κ2) is 6.64. The van der Waals surface area contributed by atoms with Gasteiger partial charge in [-0.1, -0.05) is 7.43 Å². The SMILES string of the molecule is C.CC[N+]1(C)CCS(=O)(=O)CC1.O=S(=O)([O-])O. The normalized spacial score (nSPS) is 21.6. The van der Waals surface area contributed by atoms with Crippen LogP contribution in [0, 0.1) is 0 Å². The summed E-state index contributed by atoms with van der Waals surface area (Å²) in [5, 5.41) is 0. The summed E-state index contributed by atoms with van der Waals surface area (Å²) in [6.45, 7) is 4.73. The molecule has 106 valence electrons. The molecule has 0 spiro atoms. The summed E-state index contributed by atoms with van der Waals surface area (Å²) < 4.78 is 55.8. The summed E-state index contributed by atoms with van der Waals surface area (Å²) >= 11 is 0. The Morgan fingerprint density at radius 3 is 1.82 bits per heavy atom. The maximum Gasteiger partial charge on any atom is 0.215 e. The lowest BCUT2D eigenvalue weighted by molar-refractivity contribution is -0.904. The molecule has 1 heterocycles. The molecular formula is C8H21NO6S2. The van der Waals surface area contributed by atoms with E-state index in [0.29, 0.717) is 11.5 Å². The maximum absolute atomic E-state index is 11.0. The Labute approximate surface area is 104 Å². The van der Waals surface area contributed by atoms with Crippen molar-refractivity contribution in [3.8, 4) is 0 Å². The minimum atomic E-state index is -4.92. The van der Waals surface area contributed by atoms with Gasteiger partial charge in [0, 0.05) is 0 Å². The summed E-state index contributed by atoms with van der Waals surface area (Å²) in [6.07, 6.45) is 0. The van der Waals surface area contributed by atoms with Gasteiger partial charge in [0.05, 0.1) is 38.2 Å². The lowest BCUT2D eigenvalue weighted by atomic mass is 10.4. The van der Waals surface area contributed by atoms with Gasteiger partial charge < -0.3 is 9.04 Å². The molecule has 0 aromatic carbocycles. The Balaban J connectivity index is 0. The van der Waals surface area contributed by atoms with Crippen LogP contribution >= 0.6 is 0 Å². The molecule has 1 saturated heterocycles. The summed E-state index contributed by atoms with van der Waals surface area (Å²) in [5.74, 6) is 0.745. The zero-order valence-corrected chi connectivity index (χ0v) is 10.9. The van der Waals surface area contributed by atoms with Gasteiger partial charge in [-0.3, -0.25) is 4.55 Å². The number of quaternary nitrogens is 1. The van der Waals surface area contributed by atoms with Crippen LogP contribution in [0.15, 0.2) is 0 Å². The van der Waals surface area contributed by atoms with E-state index in [0.717, 1.165) is 24.1 Å². The van der Waals surface area contributed by atoms with Gasteiger partial charge in [-0.25, -0.2) is 16.8 Å². The van der Waals surface area contributed by atoms with Crippen LogP contribution in [0.4, 0.5) is 0 Å². The van der Waals surface area contributed by atoms with E-state index < -0.39 is 20.2 Å². The van der Waals surface area contributed by atoms with Crippen molar-refractivity contribution in [1.82, 2.24) is 0 Å². The maximum atomic E-state index is 11.0. The van der Waals surface area contributed by atoms with Gasteiger partial charge in [0.25, 0.3) is 0 Å². The topological polar surface area (TPSA) is 112 Å². The first kappa shape index (κ1) is 19.1. The van der Waals surface area contributed by atoms with E-state index in [2.05, 4.69) is 14.0 Å². The lowest BCUT2D eigenvalue weighted by Crippen LogP contribution is -2.53. The third-order valence-corrected chi connectivity index (χ3v) is 4.26. The Morgan fingerprint density at radius 1 is 1.29 bits per heavy atom. The van der Waals surface area contributed by atoms with Crippen LogP contribution in [-0.2, 0) is 20.2 Å². The first-order valence-electron chi connectivity index (χ1n) is 4.70. The van der Waals surface area contributed by atoms with Crippen LogP contribution < -0.4 is 0 Å².